The molecule has 0 saturated heterocycles. The number of aromatic nitrogens is 1. The average Bonchev–Trinajstić information content (AvgIpc) is 2.35. The fourth-order valence-electron chi connectivity index (χ4n) is 1.48. The van der Waals surface area contributed by atoms with Crippen LogP contribution in [0.2, 0.25) is 0 Å². The van der Waals surface area contributed by atoms with Crippen molar-refractivity contribution in [3.63, 3.8) is 0 Å². The van der Waals surface area contributed by atoms with Crippen molar-refractivity contribution in [3.05, 3.63) is 27.6 Å². The van der Waals surface area contributed by atoms with Crippen molar-refractivity contribution in [1.82, 2.24) is 15.2 Å². The molecule has 0 aliphatic rings. The zero-order chi connectivity index (χ0) is 12.7. The van der Waals surface area contributed by atoms with Crippen molar-refractivity contribution < 1.29 is 4.79 Å². The van der Waals surface area contributed by atoms with Gasteiger partial charge >= 0.3 is 0 Å². The first-order chi connectivity index (χ1) is 8.17. The van der Waals surface area contributed by atoms with Gasteiger partial charge in [0.2, 0.25) is 0 Å². The highest BCUT2D eigenvalue weighted by Crippen LogP contribution is 2.02. The van der Waals surface area contributed by atoms with E-state index in [0.29, 0.717) is 12.1 Å². The SMILES string of the molecule is CCN(CC)CCNC(=O)c1ccc([123I])nc1. The van der Waals surface area contributed by atoms with Crippen LogP contribution in [0.4, 0.5) is 0 Å². The summed E-state index contributed by atoms with van der Waals surface area (Å²) in [6.07, 6.45) is 1.61. The Morgan fingerprint density at radius 3 is 2.65 bits per heavy atom. The summed E-state index contributed by atoms with van der Waals surface area (Å²) in [6, 6.07) is 3.63. The lowest BCUT2D eigenvalue weighted by atomic mass is 10.3. The van der Waals surface area contributed by atoms with Crippen LogP contribution in [-0.2, 0) is 0 Å². The first kappa shape index (κ1) is 14.4. The van der Waals surface area contributed by atoms with Gasteiger partial charge in [-0.15, -0.1) is 0 Å². The fourth-order valence-corrected chi connectivity index (χ4v) is 1.80. The number of hydrogen-bond donors (Lipinski definition) is 1. The minimum Gasteiger partial charge on any atom is -0.351 e. The van der Waals surface area contributed by atoms with Gasteiger partial charge in [-0.25, -0.2) is 4.98 Å². The van der Waals surface area contributed by atoms with Crippen LogP contribution >= 0.6 is 22.6 Å². The highest BCUT2D eigenvalue weighted by atomic mass is 123. The first-order valence-electron chi connectivity index (χ1n) is 5.79. The molecular weight excluding hydrogens is 325 g/mol. The van der Waals surface area contributed by atoms with Crippen LogP contribution in [0.15, 0.2) is 18.3 Å². The molecule has 0 bridgehead atoms. The second-order valence-corrected chi connectivity index (χ2v) is 4.76. The summed E-state index contributed by atoms with van der Waals surface area (Å²) in [7, 11) is 0. The number of amides is 1. The lowest BCUT2D eigenvalue weighted by Gasteiger charge is -2.17. The molecule has 0 atom stereocenters. The van der Waals surface area contributed by atoms with E-state index in [4.69, 9.17) is 0 Å². The van der Waals surface area contributed by atoms with Gasteiger partial charge in [0.05, 0.1) is 5.56 Å². The molecule has 5 heteroatoms. The van der Waals surface area contributed by atoms with Crippen molar-refractivity contribution in [2.75, 3.05) is 26.2 Å². The summed E-state index contributed by atoms with van der Waals surface area (Å²) in [5.41, 5.74) is 0.616. The van der Waals surface area contributed by atoms with Gasteiger partial charge < -0.3 is 10.2 Å². The Morgan fingerprint density at radius 2 is 2.12 bits per heavy atom. The summed E-state index contributed by atoms with van der Waals surface area (Å²) < 4.78 is 0.891. The minimum absolute atomic E-state index is 0.0546. The van der Waals surface area contributed by atoms with E-state index in [1.54, 1.807) is 12.3 Å². The van der Waals surface area contributed by atoms with E-state index >= 15 is 0 Å². The maximum Gasteiger partial charge on any atom is 0.252 e. The number of rotatable bonds is 6. The molecule has 0 radical (unpaired) electrons. The molecule has 0 spiro atoms. The molecule has 1 aromatic heterocycles. The fraction of sp³-hybridized carbons (Fsp3) is 0.500. The zero-order valence-electron chi connectivity index (χ0n) is 10.2. The van der Waals surface area contributed by atoms with E-state index in [-0.39, 0.29) is 5.91 Å². The van der Waals surface area contributed by atoms with E-state index in [1.807, 2.05) is 6.07 Å². The minimum atomic E-state index is -0.0546. The second-order valence-electron chi connectivity index (χ2n) is 3.65. The maximum atomic E-state index is 11.7. The van der Waals surface area contributed by atoms with Crippen LogP contribution < -0.4 is 5.32 Å². The van der Waals surface area contributed by atoms with Crippen LogP contribution in [0.5, 0.6) is 0 Å². The summed E-state index contributed by atoms with van der Waals surface area (Å²) in [5.74, 6) is -0.0546. The van der Waals surface area contributed by atoms with Crippen LogP contribution in [-0.4, -0.2) is 42.0 Å². The molecular formula is C12H18IN3O. The highest BCUT2D eigenvalue weighted by molar-refractivity contribution is 14.1. The summed E-state index contributed by atoms with van der Waals surface area (Å²) in [6.45, 7) is 7.82. The monoisotopic (exact) mass is 343 g/mol. The predicted molar refractivity (Wildman–Crippen MR) is 77.1 cm³/mol. The number of nitrogens with one attached hydrogen (secondary N) is 1. The van der Waals surface area contributed by atoms with Gasteiger partial charge in [-0.3, -0.25) is 4.79 Å². The molecule has 0 aliphatic heterocycles. The van der Waals surface area contributed by atoms with E-state index in [1.165, 1.54) is 0 Å². The van der Waals surface area contributed by atoms with Crippen molar-refractivity contribution in [2.45, 2.75) is 13.8 Å². The lowest BCUT2D eigenvalue weighted by molar-refractivity contribution is 0.0948. The molecule has 94 valence electrons. The molecule has 1 amide bonds. The van der Waals surface area contributed by atoms with Gasteiger partial charge in [0.1, 0.15) is 3.70 Å². The molecule has 0 unspecified atom stereocenters. The van der Waals surface area contributed by atoms with Crippen LogP contribution in [0.1, 0.15) is 24.2 Å². The molecule has 1 rings (SSSR count). The van der Waals surface area contributed by atoms with E-state index in [9.17, 15) is 4.79 Å². The van der Waals surface area contributed by atoms with Gasteiger partial charge in [-0.1, -0.05) is 13.8 Å². The standard InChI is InChI=1S/C12H18IN3O/c1-3-16(4-2)8-7-14-12(17)10-5-6-11(13)15-9-10/h5-6,9H,3-4,7-8H2,1-2H3,(H,14,17)/i13-4. The van der Waals surface area contributed by atoms with Crippen LogP contribution in [0.3, 0.4) is 0 Å². The number of pyridine rings is 1. The average molecular weight is 343 g/mol. The zero-order valence-corrected chi connectivity index (χ0v) is 12.4. The van der Waals surface area contributed by atoms with Crippen molar-refractivity contribution in [2.24, 2.45) is 0 Å². The normalized spacial score (nSPS) is 10.6. The van der Waals surface area contributed by atoms with Crippen molar-refractivity contribution in [3.8, 4) is 0 Å². The molecule has 0 saturated carbocycles. The summed E-state index contributed by atoms with van der Waals surface area (Å²) in [4.78, 5) is 18.1. The number of carbonyl (C=O) groups excluding carboxylic acids is 1. The summed E-state index contributed by atoms with van der Waals surface area (Å²) >= 11 is 2.12. The molecule has 1 N–H and O–H groups in total. The Bertz CT molecular complexity index is 349. The van der Waals surface area contributed by atoms with Crippen molar-refractivity contribution >= 4 is 28.5 Å². The Morgan fingerprint density at radius 1 is 1.41 bits per heavy atom. The number of nitrogens with zero attached hydrogens (tertiary/aromatic N) is 2. The Labute approximate surface area is 116 Å². The Balaban J connectivity index is 2.37. The third-order valence-corrected chi connectivity index (χ3v) is 3.24. The van der Waals surface area contributed by atoms with Gasteiger partial charge in [0.15, 0.2) is 0 Å². The topological polar surface area (TPSA) is 45.2 Å². The van der Waals surface area contributed by atoms with Gasteiger partial charge in [-0.2, -0.15) is 0 Å². The number of carbonyl (C=O) groups is 1. The number of likely N-dealkylation sites (N-methyl/N-ethyl adjacent to an activating group) is 1. The predicted octanol–water partition coefficient (Wildman–Crippen LogP) is 1.76. The van der Waals surface area contributed by atoms with Crippen LogP contribution in [0.25, 0.3) is 0 Å². The van der Waals surface area contributed by atoms with E-state index < -0.39 is 0 Å². The van der Waals surface area contributed by atoms with Crippen molar-refractivity contribution in [1.29, 1.82) is 0 Å². The van der Waals surface area contributed by atoms with Crippen LogP contribution in [0, 0.1) is 3.70 Å². The quantitative estimate of drug-likeness (QED) is 0.632. The smallest absolute Gasteiger partial charge is 0.252 e. The first-order valence-corrected chi connectivity index (χ1v) is 6.87. The Hall–Kier alpha value is -0.690. The molecule has 0 aliphatic carbocycles. The van der Waals surface area contributed by atoms with Gasteiger partial charge in [0, 0.05) is 19.3 Å². The van der Waals surface area contributed by atoms with E-state index in [0.717, 1.165) is 23.3 Å². The molecule has 1 aromatic rings. The van der Waals surface area contributed by atoms with Gasteiger partial charge in [-0.05, 0) is 47.8 Å². The second kappa shape index (κ2) is 7.60. The van der Waals surface area contributed by atoms with E-state index in [2.05, 4.69) is 51.6 Å². The third-order valence-electron chi connectivity index (χ3n) is 2.60. The van der Waals surface area contributed by atoms with Gasteiger partial charge in [0.25, 0.3) is 5.91 Å². The highest BCUT2D eigenvalue weighted by Gasteiger charge is 2.05. The molecule has 17 heavy (non-hydrogen) atoms. The summed E-state index contributed by atoms with van der Waals surface area (Å²) in [5, 5.41) is 2.89. The molecule has 0 fully saturated rings. The number of halogens is 1. The molecule has 4 nitrogen and oxygen atoms in total. The third kappa shape index (κ3) is 4.99. The lowest BCUT2D eigenvalue weighted by Crippen LogP contribution is -2.34. The Kier molecular flexibility index (Phi) is 6.43. The largest absolute Gasteiger partial charge is 0.351 e. The molecule has 1 heterocycles. The maximum absolute atomic E-state index is 11.7. The molecule has 0 aromatic carbocycles. The number of hydrogen-bond acceptors (Lipinski definition) is 3.